The van der Waals surface area contributed by atoms with Crippen LogP contribution in [0.2, 0.25) is 0 Å². The number of benzene rings is 4. The highest BCUT2D eigenvalue weighted by molar-refractivity contribution is 7.21. The third kappa shape index (κ3) is 3.10. The topological polar surface area (TPSA) is 51.8 Å². The van der Waals surface area contributed by atoms with Gasteiger partial charge in [-0.1, -0.05) is 72.8 Å². The number of rotatable bonds is 3. The van der Waals surface area contributed by atoms with Crippen molar-refractivity contribution in [2.45, 2.75) is 0 Å². The maximum absolute atomic E-state index is 6.22. The summed E-state index contributed by atoms with van der Waals surface area (Å²) in [4.78, 5) is 14.8. The van der Waals surface area contributed by atoms with E-state index in [-0.39, 0.29) is 0 Å². The van der Waals surface area contributed by atoms with Gasteiger partial charge in [0.25, 0.3) is 0 Å². The first-order valence-corrected chi connectivity index (χ1v) is 11.9. The van der Waals surface area contributed by atoms with Crippen molar-refractivity contribution in [3.8, 4) is 33.2 Å². The van der Waals surface area contributed by atoms with Gasteiger partial charge in [-0.25, -0.2) is 15.0 Å². The molecule has 0 N–H and O–H groups in total. The minimum atomic E-state index is 0.667. The molecule has 7 aromatic rings. The monoisotopic (exact) mass is 455 g/mol. The Kier molecular flexibility index (Phi) is 4.29. The van der Waals surface area contributed by atoms with Gasteiger partial charge < -0.3 is 4.42 Å². The summed E-state index contributed by atoms with van der Waals surface area (Å²) in [6, 6.07) is 34.7. The normalized spacial score (nSPS) is 11.5. The van der Waals surface area contributed by atoms with Crippen LogP contribution in [0.15, 0.2) is 108 Å². The third-order valence-electron chi connectivity index (χ3n) is 5.93. The molecule has 3 aromatic heterocycles. The molecular formula is C29H17N3OS. The predicted molar refractivity (Wildman–Crippen MR) is 139 cm³/mol. The van der Waals surface area contributed by atoms with Crippen LogP contribution in [-0.4, -0.2) is 15.0 Å². The van der Waals surface area contributed by atoms with E-state index in [0.29, 0.717) is 11.4 Å². The van der Waals surface area contributed by atoms with Gasteiger partial charge in [0.15, 0.2) is 11.4 Å². The van der Waals surface area contributed by atoms with E-state index in [0.717, 1.165) is 49.4 Å². The van der Waals surface area contributed by atoms with Crippen molar-refractivity contribution in [2.75, 3.05) is 0 Å². The van der Waals surface area contributed by atoms with Crippen LogP contribution in [0.5, 0.6) is 0 Å². The van der Waals surface area contributed by atoms with Gasteiger partial charge >= 0.3 is 0 Å². The van der Waals surface area contributed by atoms with Crippen molar-refractivity contribution in [1.29, 1.82) is 0 Å². The lowest BCUT2D eigenvalue weighted by Gasteiger charge is -2.07. The van der Waals surface area contributed by atoms with Gasteiger partial charge in [-0.2, -0.15) is 0 Å². The van der Waals surface area contributed by atoms with Crippen molar-refractivity contribution in [3.05, 3.63) is 103 Å². The number of nitrogens with zero attached hydrogens (tertiary/aromatic N) is 3. The summed E-state index contributed by atoms with van der Waals surface area (Å²) >= 11 is 1.69. The third-order valence-corrected chi connectivity index (χ3v) is 7.01. The largest absolute Gasteiger partial charge is 0.452 e. The highest BCUT2D eigenvalue weighted by Crippen LogP contribution is 2.36. The van der Waals surface area contributed by atoms with Gasteiger partial charge in [0, 0.05) is 22.1 Å². The molecule has 0 aliphatic heterocycles. The van der Waals surface area contributed by atoms with Gasteiger partial charge in [0.05, 0.1) is 10.2 Å². The lowest BCUT2D eigenvalue weighted by Crippen LogP contribution is -1.94. The fraction of sp³-hybridized carbons (Fsp3) is 0. The maximum atomic E-state index is 6.22. The fourth-order valence-corrected chi connectivity index (χ4v) is 5.26. The van der Waals surface area contributed by atoms with E-state index < -0.39 is 0 Å². The average molecular weight is 456 g/mol. The molecule has 0 radical (unpaired) electrons. The standard InChI is InChI=1S/C29H17N3OS/c1-2-9-18(10-3-1)25-27-26(21-13-4-6-15-23(21)33-27)32-28(31-25)19-11-8-12-20(17-19)29-30-22-14-5-7-16-24(22)34-29/h1-17H. The van der Waals surface area contributed by atoms with E-state index in [1.165, 1.54) is 4.70 Å². The Labute approximate surface area is 199 Å². The van der Waals surface area contributed by atoms with Crippen molar-refractivity contribution >= 4 is 43.6 Å². The summed E-state index contributed by atoms with van der Waals surface area (Å²) < 4.78 is 7.40. The van der Waals surface area contributed by atoms with Gasteiger partial charge in [0.2, 0.25) is 0 Å². The summed E-state index contributed by atoms with van der Waals surface area (Å²) in [6.07, 6.45) is 0. The van der Waals surface area contributed by atoms with Crippen LogP contribution in [-0.2, 0) is 0 Å². The van der Waals surface area contributed by atoms with Crippen molar-refractivity contribution in [2.24, 2.45) is 0 Å². The Bertz CT molecular complexity index is 1790. The predicted octanol–water partition coefficient (Wildman–Crippen LogP) is 7.99. The summed E-state index contributed by atoms with van der Waals surface area (Å²) in [5, 5.41) is 1.97. The van der Waals surface area contributed by atoms with Crippen LogP contribution in [0.3, 0.4) is 0 Å². The summed E-state index contributed by atoms with van der Waals surface area (Å²) in [5.74, 6) is 0.667. The number of furan rings is 1. The average Bonchev–Trinajstić information content (AvgIpc) is 3.50. The molecule has 0 spiro atoms. The minimum absolute atomic E-state index is 0.667. The van der Waals surface area contributed by atoms with Gasteiger partial charge in [-0.3, -0.25) is 0 Å². The minimum Gasteiger partial charge on any atom is -0.452 e. The Balaban J connectivity index is 1.45. The van der Waals surface area contributed by atoms with Crippen molar-refractivity contribution in [1.82, 2.24) is 15.0 Å². The lowest BCUT2D eigenvalue weighted by atomic mass is 10.1. The zero-order valence-corrected chi connectivity index (χ0v) is 18.8. The van der Waals surface area contributed by atoms with Gasteiger partial charge in [0.1, 0.15) is 21.8 Å². The molecule has 0 fully saturated rings. The molecule has 0 saturated carbocycles. The quantitative estimate of drug-likeness (QED) is 0.271. The van der Waals surface area contributed by atoms with E-state index in [1.54, 1.807) is 11.3 Å². The Morgan fingerprint density at radius 3 is 2.29 bits per heavy atom. The molecule has 4 aromatic carbocycles. The zero-order valence-electron chi connectivity index (χ0n) is 18.0. The van der Waals surface area contributed by atoms with E-state index >= 15 is 0 Å². The van der Waals surface area contributed by atoms with Crippen LogP contribution in [0.1, 0.15) is 0 Å². The van der Waals surface area contributed by atoms with Crippen molar-refractivity contribution < 1.29 is 4.42 Å². The first-order chi connectivity index (χ1) is 16.8. The van der Waals surface area contributed by atoms with Crippen LogP contribution in [0, 0.1) is 0 Å². The number of hydrogen-bond acceptors (Lipinski definition) is 5. The molecule has 0 atom stereocenters. The maximum Gasteiger partial charge on any atom is 0.180 e. The molecular weight excluding hydrogens is 438 g/mol. The Morgan fingerprint density at radius 1 is 0.618 bits per heavy atom. The van der Waals surface area contributed by atoms with Gasteiger partial charge in [-0.05, 0) is 30.3 Å². The molecule has 160 valence electrons. The number of thiazole rings is 1. The van der Waals surface area contributed by atoms with E-state index in [9.17, 15) is 0 Å². The molecule has 5 heteroatoms. The van der Waals surface area contributed by atoms with Crippen LogP contribution >= 0.6 is 11.3 Å². The molecule has 0 aliphatic carbocycles. The smallest absolute Gasteiger partial charge is 0.180 e. The lowest BCUT2D eigenvalue weighted by molar-refractivity contribution is 0.667. The molecule has 4 nitrogen and oxygen atoms in total. The molecule has 0 bridgehead atoms. The first kappa shape index (κ1) is 19.1. The van der Waals surface area contributed by atoms with E-state index in [4.69, 9.17) is 19.4 Å². The molecule has 7 rings (SSSR count). The molecule has 0 unspecified atom stereocenters. The second-order valence-electron chi connectivity index (χ2n) is 8.11. The number of aromatic nitrogens is 3. The molecule has 3 heterocycles. The highest BCUT2D eigenvalue weighted by Gasteiger charge is 2.18. The number of fused-ring (bicyclic) bond motifs is 4. The fourth-order valence-electron chi connectivity index (χ4n) is 4.30. The van der Waals surface area contributed by atoms with Crippen LogP contribution in [0.4, 0.5) is 0 Å². The SMILES string of the molecule is c1ccc(-c2nc(-c3cccc(-c4nc5ccccc5s4)c3)nc3c2oc2ccccc23)cc1. The highest BCUT2D eigenvalue weighted by atomic mass is 32.1. The molecule has 0 saturated heterocycles. The Hall–Kier alpha value is -4.35. The molecule has 0 amide bonds. The van der Waals surface area contributed by atoms with Crippen LogP contribution < -0.4 is 0 Å². The number of hydrogen-bond donors (Lipinski definition) is 0. The second-order valence-corrected chi connectivity index (χ2v) is 9.14. The number of para-hydroxylation sites is 2. The van der Waals surface area contributed by atoms with E-state index in [2.05, 4.69) is 36.4 Å². The second kappa shape index (κ2) is 7.61. The molecule has 34 heavy (non-hydrogen) atoms. The van der Waals surface area contributed by atoms with Crippen molar-refractivity contribution in [3.63, 3.8) is 0 Å². The zero-order chi connectivity index (χ0) is 22.5. The first-order valence-electron chi connectivity index (χ1n) is 11.0. The summed E-state index contributed by atoms with van der Waals surface area (Å²) in [5.41, 5.74) is 7.15. The van der Waals surface area contributed by atoms with Gasteiger partial charge in [-0.15, -0.1) is 11.3 Å². The Morgan fingerprint density at radius 2 is 1.38 bits per heavy atom. The van der Waals surface area contributed by atoms with E-state index in [1.807, 2.05) is 66.7 Å². The van der Waals surface area contributed by atoms with Crippen LogP contribution in [0.25, 0.3) is 65.5 Å². The summed E-state index contributed by atoms with van der Waals surface area (Å²) in [6.45, 7) is 0. The summed E-state index contributed by atoms with van der Waals surface area (Å²) in [7, 11) is 0. The molecule has 0 aliphatic rings.